The predicted octanol–water partition coefficient (Wildman–Crippen LogP) is 1.86. The normalized spacial score (nSPS) is 9.86. The highest BCUT2D eigenvalue weighted by Crippen LogP contribution is 2.11. The maximum absolute atomic E-state index is 11.8. The molecule has 0 saturated heterocycles. The summed E-state index contributed by atoms with van der Waals surface area (Å²) in [5.41, 5.74) is 2.48. The maximum atomic E-state index is 11.8. The monoisotopic (exact) mass is 302 g/mol. The molecule has 22 heavy (non-hydrogen) atoms. The lowest BCUT2D eigenvalue weighted by Crippen LogP contribution is -2.28. The van der Waals surface area contributed by atoms with Crippen molar-refractivity contribution < 1.29 is 21.0 Å². The summed E-state index contributed by atoms with van der Waals surface area (Å²) < 4.78 is 5.45. The number of nitrogens with one attached hydrogen (secondary N) is 2. The first kappa shape index (κ1) is 15.5. The molecule has 0 spiro atoms. The Morgan fingerprint density at radius 2 is 1.59 bits per heavy atom. The van der Waals surface area contributed by atoms with Gasteiger partial charge < -0.3 is 10.1 Å². The van der Waals surface area contributed by atoms with Gasteiger partial charge in [0.25, 0.3) is 11.8 Å². The van der Waals surface area contributed by atoms with E-state index < -0.39 is 5.91 Å². The van der Waals surface area contributed by atoms with E-state index in [1.54, 1.807) is 41.9 Å². The van der Waals surface area contributed by atoms with Crippen LogP contribution in [0.2, 0.25) is 0 Å². The van der Waals surface area contributed by atoms with Gasteiger partial charge in [-0.1, -0.05) is 18.2 Å². The van der Waals surface area contributed by atoms with E-state index in [9.17, 15) is 9.59 Å². The highest BCUT2D eigenvalue weighted by molar-refractivity contribution is 5.94. The van der Waals surface area contributed by atoms with Crippen LogP contribution in [0.3, 0.4) is 0 Å². The molecular formula is C16H18N2O4. The molecule has 0 fully saturated rings. The molecule has 0 aromatic heterocycles. The van der Waals surface area contributed by atoms with Crippen molar-refractivity contribution >= 4 is 11.8 Å². The minimum absolute atomic E-state index is 0. The van der Waals surface area contributed by atoms with Crippen LogP contribution >= 0.6 is 0 Å². The zero-order chi connectivity index (χ0) is 15.8. The zero-order valence-corrected chi connectivity index (χ0v) is 11.8. The molecule has 0 atom stereocenters. The van der Waals surface area contributed by atoms with Crippen LogP contribution in [-0.2, 0) is 0 Å². The van der Waals surface area contributed by atoms with Gasteiger partial charge in [-0.25, -0.2) is 5.48 Å². The van der Waals surface area contributed by atoms with Crippen molar-refractivity contribution in [3.05, 3.63) is 65.7 Å². The Kier molecular flexibility index (Phi) is 5.50. The van der Waals surface area contributed by atoms with Crippen LogP contribution in [0, 0.1) is 0 Å². The van der Waals surface area contributed by atoms with Crippen LogP contribution in [0.1, 0.15) is 22.1 Å². The summed E-state index contributed by atoms with van der Waals surface area (Å²) in [6, 6.07) is 15.2. The fourth-order valence-electron chi connectivity index (χ4n) is 1.79. The third-order valence-electron chi connectivity index (χ3n) is 2.91. The van der Waals surface area contributed by atoms with E-state index in [1.807, 2.05) is 6.07 Å². The number of ether oxygens (including phenoxy) is 1. The molecular weight excluding hydrogens is 284 g/mol. The number of carbonyl (C=O) groups excluding carboxylic acids is 2. The van der Waals surface area contributed by atoms with Gasteiger partial charge in [-0.15, -0.1) is 0 Å². The minimum Gasteiger partial charge on any atom is -0.492 e. The number of amides is 2. The summed E-state index contributed by atoms with van der Waals surface area (Å²) in [6.07, 6.45) is 0. The Morgan fingerprint density at radius 1 is 0.955 bits per heavy atom. The molecule has 0 aliphatic carbocycles. The molecule has 6 heteroatoms. The molecule has 0 bridgehead atoms. The molecule has 0 aliphatic rings. The van der Waals surface area contributed by atoms with Gasteiger partial charge in [-0.05, 0) is 36.4 Å². The van der Waals surface area contributed by atoms with Crippen molar-refractivity contribution in [3.8, 4) is 5.75 Å². The van der Waals surface area contributed by atoms with Gasteiger partial charge in [0.1, 0.15) is 12.4 Å². The summed E-state index contributed by atoms with van der Waals surface area (Å²) in [7, 11) is 0. The molecule has 0 saturated carbocycles. The summed E-state index contributed by atoms with van der Waals surface area (Å²) >= 11 is 0. The minimum atomic E-state index is -0.582. The zero-order valence-electron chi connectivity index (χ0n) is 11.8. The van der Waals surface area contributed by atoms with Gasteiger partial charge in [0, 0.05) is 12.6 Å². The van der Waals surface area contributed by atoms with Crippen molar-refractivity contribution in [1.82, 2.24) is 10.8 Å². The SMILES string of the molecule is O=C(NO)c1ccc(OCCNC(=O)c2ccccc2)cc1.[HH]. The molecule has 3 N–H and O–H groups in total. The van der Waals surface area contributed by atoms with E-state index in [-0.39, 0.29) is 7.33 Å². The lowest BCUT2D eigenvalue weighted by molar-refractivity contribution is 0.0706. The van der Waals surface area contributed by atoms with Crippen molar-refractivity contribution in [2.45, 2.75) is 0 Å². The molecule has 6 nitrogen and oxygen atoms in total. The Morgan fingerprint density at radius 3 is 2.23 bits per heavy atom. The van der Waals surface area contributed by atoms with Gasteiger partial charge in [0.15, 0.2) is 0 Å². The van der Waals surface area contributed by atoms with Gasteiger partial charge in [-0.2, -0.15) is 0 Å². The third kappa shape index (κ3) is 4.32. The van der Waals surface area contributed by atoms with Crippen molar-refractivity contribution in [2.24, 2.45) is 0 Å². The quantitative estimate of drug-likeness (QED) is 0.432. The third-order valence-corrected chi connectivity index (χ3v) is 2.91. The Labute approximate surface area is 129 Å². The molecule has 116 valence electrons. The largest absolute Gasteiger partial charge is 0.492 e. The van der Waals surface area contributed by atoms with Crippen LogP contribution in [0.5, 0.6) is 5.75 Å². The summed E-state index contributed by atoms with van der Waals surface area (Å²) in [6.45, 7) is 0.677. The van der Waals surface area contributed by atoms with E-state index in [4.69, 9.17) is 9.94 Å². The first-order valence-corrected chi connectivity index (χ1v) is 6.71. The number of rotatable bonds is 6. The first-order valence-electron chi connectivity index (χ1n) is 6.71. The highest BCUT2D eigenvalue weighted by Gasteiger charge is 2.05. The second-order valence-corrected chi connectivity index (χ2v) is 4.44. The van der Waals surface area contributed by atoms with Crippen molar-refractivity contribution in [1.29, 1.82) is 0 Å². The van der Waals surface area contributed by atoms with E-state index in [2.05, 4.69) is 5.32 Å². The van der Waals surface area contributed by atoms with Gasteiger partial charge in [0.05, 0.1) is 6.54 Å². The molecule has 2 aromatic carbocycles. The number of hydroxylamine groups is 1. The van der Waals surface area contributed by atoms with E-state index in [1.165, 1.54) is 12.1 Å². The van der Waals surface area contributed by atoms with E-state index in [0.29, 0.717) is 30.0 Å². The summed E-state index contributed by atoms with van der Waals surface area (Å²) in [5, 5.41) is 11.3. The van der Waals surface area contributed by atoms with Crippen molar-refractivity contribution in [3.63, 3.8) is 0 Å². The molecule has 0 unspecified atom stereocenters. The predicted molar refractivity (Wildman–Crippen MR) is 82.1 cm³/mol. The maximum Gasteiger partial charge on any atom is 0.274 e. The van der Waals surface area contributed by atoms with Crippen LogP contribution in [0.4, 0.5) is 0 Å². The Bertz CT molecular complexity index is 632. The highest BCUT2D eigenvalue weighted by atomic mass is 16.5. The van der Waals surface area contributed by atoms with Crippen LogP contribution in [-0.4, -0.2) is 30.2 Å². The average Bonchev–Trinajstić information content (AvgIpc) is 2.59. The average molecular weight is 302 g/mol. The van der Waals surface area contributed by atoms with Crippen LogP contribution < -0.4 is 15.5 Å². The Hall–Kier alpha value is -2.86. The number of benzene rings is 2. The molecule has 0 aliphatic heterocycles. The number of carbonyl (C=O) groups is 2. The summed E-state index contributed by atoms with van der Waals surface area (Å²) in [4.78, 5) is 22.9. The lowest BCUT2D eigenvalue weighted by atomic mass is 10.2. The standard InChI is InChI=1S/C16H16N2O4.H2/c19-15(12-4-2-1-3-5-12)17-10-11-22-14-8-6-13(7-9-14)16(20)18-21;/h1-9,21H,10-11H2,(H,17,19)(H,18,20);1H. The molecule has 2 aromatic rings. The number of hydrogen-bond donors (Lipinski definition) is 3. The van der Waals surface area contributed by atoms with Crippen LogP contribution in [0.25, 0.3) is 0 Å². The lowest BCUT2D eigenvalue weighted by Gasteiger charge is -2.08. The molecule has 2 amide bonds. The number of hydrogen-bond acceptors (Lipinski definition) is 4. The fraction of sp³-hybridized carbons (Fsp3) is 0.125. The van der Waals surface area contributed by atoms with Crippen molar-refractivity contribution in [2.75, 3.05) is 13.2 Å². The first-order chi connectivity index (χ1) is 10.7. The molecule has 2 rings (SSSR count). The van der Waals surface area contributed by atoms with Gasteiger partial charge >= 0.3 is 0 Å². The molecule has 0 heterocycles. The second kappa shape index (κ2) is 7.80. The van der Waals surface area contributed by atoms with Gasteiger partial charge in [-0.3, -0.25) is 14.8 Å². The Balaban J connectivity index is 0.00000264. The topological polar surface area (TPSA) is 87.7 Å². The fourth-order valence-corrected chi connectivity index (χ4v) is 1.79. The molecule has 0 radical (unpaired) electrons. The summed E-state index contributed by atoms with van der Waals surface area (Å²) in [5.74, 6) is -0.163. The van der Waals surface area contributed by atoms with E-state index >= 15 is 0 Å². The van der Waals surface area contributed by atoms with Crippen LogP contribution in [0.15, 0.2) is 54.6 Å². The smallest absolute Gasteiger partial charge is 0.274 e. The second-order valence-electron chi connectivity index (χ2n) is 4.44. The van der Waals surface area contributed by atoms with E-state index in [0.717, 1.165) is 0 Å². The van der Waals surface area contributed by atoms with Gasteiger partial charge in [0.2, 0.25) is 0 Å².